The zero-order valence-electron chi connectivity index (χ0n) is 10.0. The van der Waals surface area contributed by atoms with Crippen molar-refractivity contribution in [3.63, 3.8) is 0 Å². The Bertz CT molecular complexity index is 399. The summed E-state index contributed by atoms with van der Waals surface area (Å²) in [5, 5.41) is 3.44. The molecule has 0 saturated heterocycles. The average Bonchev–Trinajstić information content (AvgIpc) is 2.36. The van der Waals surface area contributed by atoms with Crippen LogP contribution >= 0.6 is 39.1 Å². The summed E-state index contributed by atoms with van der Waals surface area (Å²) < 4.78 is 0.756. The molecule has 18 heavy (non-hydrogen) atoms. The van der Waals surface area contributed by atoms with Crippen molar-refractivity contribution in [1.29, 1.82) is 0 Å². The number of amides is 1. The van der Waals surface area contributed by atoms with Gasteiger partial charge in [-0.15, -0.1) is 11.6 Å². The molecule has 1 amide bonds. The number of rotatable bonds is 7. The monoisotopic (exact) mass is 351 g/mol. The Hall–Kier alpha value is -0.250. The first-order valence-electron chi connectivity index (χ1n) is 5.94. The number of carbonyl (C=O) groups is 1. The van der Waals surface area contributed by atoms with Gasteiger partial charge in [-0.05, 0) is 47.0 Å². The van der Waals surface area contributed by atoms with Crippen molar-refractivity contribution < 1.29 is 4.79 Å². The second-order valence-electron chi connectivity index (χ2n) is 3.98. The van der Waals surface area contributed by atoms with Crippen LogP contribution in [0.25, 0.3) is 0 Å². The molecule has 1 aromatic rings. The van der Waals surface area contributed by atoms with Gasteiger partial charge in [0.05, 0.1) is 5.56 Å². The lowest BCUT2D eigenvalue weighted by atomic mass is 10.2. The molecule has 0 spiro atoms. The van der Waals surface area contributed by atoms with Crippen molar-refractivity contribution in [3.8, 4) is 0 Å². The predicted molar refractivity (Wildman–Crippen MR) is 80.7 cm³/mol. The minimum absolute atomic E-state index is 0.0956. The summed E-state index contributed by atoms with van der Waals surface area (Å²) in [4.78, 5) is 11.9. The van der Waals surface area contributed by atoms with Crippen LogP contribution in [0.5, 0.6) is 0 Å². The van der Waals surface area contributed by atoms with Crippen LogP contribution in [0.1, 0.15) is 36.0 Å². The Kier molecular flexibility index (Phi) is 7.71. The van der Waals surface area contributed by atoms with E-state index < -0.39 is 0 Å². The first kappa shape index (κ1) is 15.8. The highest BCUT2D eigenvalue weighted by Crippen LogP contribution is 2.20. The maximum atomic E-state index is 11.9. The number of nitrogens with one attached hydrogen (secondary N) is 1. The molecule has 0 radical (unpaired) electrons. The number of alkyl halides is 1. The van der Waals surface area contributed by atoms with Crippen LogP contribution in [-0.4, -0.2) is 18.3 Å². The molecule has 5 heteroatoms. The van der Waals surface area contributed by atoms with Crippen molar-refractivity contribution in [2.45, 2.75) is 25.7 Å². The lowest BCUT2D eigenvalue weighted by Crippen LogP contribution is -2.24. The molecule has 0 aliphatic heterocycles. The zero-order chi connectivity index (χ0) is 13.4. The van der Waals surface area contributed by atoms with E-state index in [1.165, 1.54) is 0 Å². The Labute approximate surface area is 126 Å². The van der Waals surface area contributed by atoms with Gasteiger partial charge >= 0.3 is 0 Å². The normalized spacial score (nSPS) is 10.4. The van der Waals surface area contributed by atoms with Crippen LogP contribution < -0.4 is 5.32 Å². The summed E-state index contributed by atoms with van der Waals surface area (Å²) in [5.74, 6) is 0.615. The molecule has 0 heterocycles. The minimum atomic E-state index is -0.0956. The molecule has 1 N–H and O–H groups in total. The van der Waals surface area contributed by atoms with Gasteiger partial charge in [0.25, 0.3) is 5.91 Å². The molecule has 0 saturated carbocycles. The van der Waals surface area contributed by atoms with Crippen molar-refractivity contribution >= 4 is 45.0 Å². The van der Waals surface area contributed by atoms with E-state index in [4.69, 9.17) is 23.2 Å². The molecule has 2 nitrogen and oxygen atoms in total. The number of benzene rings is 1. The molecule has 0 aliphatic carbocycles. The first-order chi connectivity index (χ1) is 8.65. The van der Waals surface area contributed by atoms with Crippen LogP contribution in [0.2, 0.25) is 5.02 Å². The second kappa shape index (κ2) is 8.78. The van der Waals surface area contributed by atoms with Crippen molar-refractivity contribution in [3.05, 3.63) is 33.3 Å². The predicted octanol–water partition coefficient (Wildman–Crippen LogP) is 4.63. The topological polar surface area (TPSA) is 29.1 Å². The molecule has 0 fully saturated rings. The fourth-order valence-electron chi connectivity index (χ4n) is 1.54. The first-order valence-corrected chi connectivity index (χ1v) is 7.65. The Morgan fingerprint density at radius 2 is 1.94 bits per heavy atom. The van der Waals surface area contributed by atoms with Crippen molar-refractivity contribution in [2.24, 2.45) is 0 Å². The summed E-state index contributed by atoms with van der Waals surface area (Å²) in [5.41, 5.74) is 0.572. The minimum Gasteiger partial charge on any atom is -0.352 e. The molecule has 100 valence electrons. The smallest absolute Gasteiger partial charge is 0.252 e. The number of carbonyl (C=O) groups excluding carboxylic acids is 1. The van der Waals surface area contributed by atoms with Crippen LogP contribution in [0.15, 0.2) is 22.7 Å². The van der Waals surface area contributed by atoms with Gasteiger partial charge in [0.2, 0.25) is 0 Å². The van der Waals surface area contributed by atoms with Crippen LogP contribution in [-0.2, 0) is 0 Å². The van der Waals surface area contributed by atoms with Gasteiger partial charge in [-0.2, -0.15) is 0 Å². The molecule has 1 rings (SSSR count). The molecule has 0 aliphatic rings. The Balaban J connectivity index is 2.34. The van der Waals surface area contributed by atoms with E-state index in [-0.39, 0.29) is 5.91 Å². The molecule has 0 atom stereocenters. The van der Waals surface area contributed by atoms with Crippen LogP contribution in [0.4, 0.5) is 0 Å². The number of hydrogen-bond donors (Lipinski definition) is 1. The van der Waals surface area contributed by atoms with E-state index in [9.17, 15) is 4.79 Å². The summed E-state index contributed by atoms with van der Waals surface area (Å²) in [6.07, 6.45) is 4.21. The van der Waals surface area contributed by atoms with Gasteiger partial charge in [-0.1, -0.05) is 24.4 Å². The van der Waals surface area contributed by atoms with Gasteiger partial charge in [0.15, 0.2) is 0 Å². The molecule has 0 aromatic heterocycles. The van der Waals surface area contributed by atoms with E-state index in [0.29, 0.717) is 23.0 Å². The maximum absolute atomic E-state index is 11.9. The van der Waals surface area contributed by atoms with Crippen molar-refractivity contribution in [1.82, 2.24) is 5.32 Å². The van der Waals surface area contributed by atoms with Crippen LogP contribution in [0, 0.1) is 0 Å². The molecular formula is C13H16BrCl2NO. The third-order valence-corrected chi connectivity index (χ3v) is 3.71. The quantitative estimate of drug-likeness (QED) is 0.562. The number of unbranched alkanes of at least 4 members (excludes halogenated alkanes) is 3. The Morgan fingerprint density at radius 1 is 1.22 bits per heavy atom. The molecule has 1 aromatic carbocycles. The molecule has 0 bridgehead atoms. The standard InChI is InChI=1S/C13H16BrCl2NO/c14-12-6-5-10(16)9-11(12)13(18)17-8-4-2-1-3-7-15/h5-6,9H,1-4,7-8H2,(H,17,18). The zero-order valence-corrected chi connectivity index (χ0v) is 13.1. The highest BCUT2D eigenvalue weighted by Gasteiger charge is 2.09. The van der Waals surface area contributed by atoms with Crippen LogP contribution in [0.3, 0.4) is 0 Å². The summed E-state index contributed by atoms with van der Waals surface area (Å²) in [6, 6.07) is 5.18. The fraction of sp³-hybridized carbons (Fsp3) is 0.462. The van der Waals surface area contributed by atoms with Gasteiger partial charge in [-0.3, -0.25) is 4.79 Å². The highest BCUT2D eigenvalue weighted by atomic mass is 79.9. The summed E-state index contributed by atoms with van der Waals surface area (Å²) >= 11 is 14.8. The molecule has 0 unspecified atom stereocenters. The second-order valence-corrected chi connectivity index (χ2v) is 5.65. The van der Waals surface area contributed by atoms with E-state index in [2.05, 4.69) is 21.2 Å². The van der Waals surface area contributed by atoms with E-state index in [1.54, 1.807) is 18.2 Å². The van der Waals surface area contributed by atoms with Gasteiger partial charge < -0.3 is 5.32 Å². The lowest BCUT2D eigenvalue weighted by Gasteiger charge is -2.07. The molecular weight excluding hydrogens is 337 g/mol. The maximum Gasteiger partial charge on any atom is 0.252 e. The fourth-order valence-corrected chi connectivity index (χ4v) is 2.33. The highest BCUT2D eigenvalue weighted by molar-refractivity contribution is 9.10. The number of halogens is 3. The van der Waals surface area contributed by atoms with E-state index in [1.807, 2.05) is 0 Å². The van der Waals surface area contributed by atoms with E-state index >= 15 is 0 Å². The van der Waals surface area contributed by atoms with Gasteiger partial charge in [-0.25, -0.2) is 0 Å². The number of hydrogen-bond acceptors (Lipinski definition) is 1. The summed E-state index contributed by atoms with van der Waals surface area (Å²) in [6.45, 7) is 0.681. The van der Waals surface area contributed by atoms with Gasteiger partial charge in [0.1, 0.15) is 0 Å². The lowest BCUT2D eigenvalue weighted by molar-refractivity contribution is 0.0952. The average molecular weight is 353 g/mol. The SMILES string of the molecule is O=C(NCCCCCCCl)c1cc(Cl)ccc1Br. The van der Waals surface area contributed by atoms with E-state index in [0.717, 1.165) is 30.2 Å². The third kappa shape index (κ3) is 5.59. The largest absolute Gasteiger partial charge is 0.352 e. The van der Waals surface area contributed by atoms with Crippen molar-refractivity contribution in [2.75, 3.05) is 12.4 Å². The van der Waals surface area contributed by atoms with Gasteiger partial charge in [0, 0.05) is 21.9 Å². The Morgan fingerprint density at radius 3 is 2.67 bits per heavy atom. The third-order valence-electron chi connectivity index (χ3n) is 2.52. The summed E-state index contributed by atoms with van der Waals surface area (Å²) in [7, 11) is 0.